The minimum Gasteiger partial charge on any atom is -0.443 e. The Kier molecular flexibility index (Phi) is 3.90. The molecule has 1 amide bonds. The first kappa shape index (κ1) is 12.5. The zero-order chi connectivity index (χ0) is 12.2. The van der Waals surface area contributed by atoms with E-state index in [1.54, 1.807) is 19.1 Å². The third-order valence-corrected chi connectivity index (χ3v) is 2.78. The number of benzene rings is 1. The maximum atomic E-state index is 10.7. The lowest BCUT2D eigenvalue weighted by Gasteiger charge is -2.32. The summed E-state index contributed by atoms with van der Waals surface area (Å²) >= 11 is 0. The second kappa shape index (κ2) is 4.99. The molecule has 16 heavy (non-hydrogen) atoms. The van der Waals surface area contributed by atoms with Crippen LogP contribution in [0.15, 0.2) is 30.3 Å². The minimum absolute atomic E-state index is 0.436. The van der Waals surface area contributed by atoms with Gasteiger partial charge in [-0.1, -0.05) is 37.3 Å². The molecule has 0 fully saturated rings. The van der Waals surface area contributed by atoms with Gasteiger partial charge in [0, 0.05) is 0 Å². The molecule has 0 spiro atoms. The first-order valence-electron chi connectivity index (χ1n) is 5.24. The van der Waals surface area contributed by atoms with Crippen LogP contribution in [0.4, 0.5) is 4.79 Å². The van der Waals surface area contributed by atoms with Gasteiger partial charge in [-0.2, -0.15) is 0 Å². The van der Waals surface area contributed by atoms with Gasteiger partial charge in [-0.15, -0.1) is 0 Å². The summed E-state index contributed by atoms with van der Waals surface area (Å²) in [5.41, 5.74) is 4.47. The van der Waals surface area contributed by atoms with Gasteiger partial charge in [0.05, 0.1) is 0 Å². The van der Waals surface area contributed by atoms with Crippen LogP contribution in [0.1, 0.15) is 25.8 Å². The molecule has 0 aliphatic rings. The molecule has 0 aromatic heterocycles. The van der Waals surface area contributed by atoms with Gasteiger partial charge in [0.2, 0.25) is 0 Å². The third kappa shape index (κ3) is 2.52. The van der Waals surface area contributed by atoms with E-state index in [1.807, 2.05) is 25.1 Å². The number of amides is 1. The summed E-state index contributed by atoms with van der Waals surface area (Å²) in [5, 5.41) is 10.5. The largest absolute Gasteiger partial charge is 0.443 e. The fraction of sp³-hybridized carbons (Fsp3) is 0.417. The van der Waals surface area contributed by atoms with Gasteiger partial charge in [-0.25, -0.2) is 4.79 Å². The number of nitrogens with two attached hydrogens (primary N) is 1. The van der Waals surface area contributed by atoms with E-state index in [0.29, 0.717) is 12.0 Å². The topological polar surface area (TPSA) is 72.6 Å². The first-order valence-corrected chi connectivity index (χ1v) is 5.24. The number of aliphatic hydroxyl groups is 1. The van der Waals surface area contributed by atoms with Crippen molar-refractivity contribution in [3.8, 4) is 0 Å². The van der Waals surface area contributed by atoms with Crippen LogP contribution >= 0.6 is 0 Å². The van der Waals surface area contributed by atoms with Gasteiger partial charge in [0.1, 0.15) is 11.7 Å². The van der Waals surface area contributed by atoms with Crippen molar-refractivity contribution in [2.24, 2.45) is 5.73 Å². The Morgan fingerprint density at radius 1 is 1.50 bits per heavy atom. The third-order valence-electron chi connectivity index (χ3n) is 2.78. The van der Waals surface area contributed by atoms with Crippen LogP contribution in [0, 0.1) is 0 Å². The van der Waals surface area contributed by atoms with E-state index >= 15 is 0 Å². The first-order chi connectivity index (χ1) is 7.50. The highest BCUT2D eigenvalue weighted by Gasteiger charge is 2.36. The molecule has 1 aromatic rings. The molecule has 4 nitrogen and oxygen atoms in total. The monoisotopic (exact) mass is 223 g/mol. The maximum Gasteiger partial charge on any atom is 0.404 e. The predicted octanol–water partition coefficient (Wildman–Crippen LogP) is 1.77. The number of hydrogen-bond acceptors (Lipinski definition) is 3. The second-order valence-electron chi connectivity index (χ2n) is 3.72. The number of ether oxygens (including phenoxy) is 1. The minimum atomic E-state index is -1.20. The number of rotatable bonds is 4. The van der Waals surface area contributed by atoms with E-state index in [9.17, 15) is 9.90 Å². The lowest BCUT2D eigenvalue weighted by Crippen LogP contribution is -2.41. The molecule has 3 N–H and O–H groups in total. The van der Waals surface area contributed by atoms with Gasteiger partial charge in [-0.05, 0) is 18.9 Å². The van der Waals surface area contributed by atoms with Gasteiger partial charge >= 0.3 is 6.09 Å². The van der Waals surface area contributed by atoms with Crippen LogP contribution in [0.2, 0.25) is 0 Å². The maximum absolute atomic E-state index is 10.7. The van der Waals surface area contributed by atoms with E-state index in [-0.39, 0.29) is 0 Å². The van der Waals surface area contributed by atoms with Crippen LogP contribution < -0.4 is 5.73 Å². The highest BCUT2D eigenvalue weighted by molar-refractivity contribution is 5.65. The summed E-state index contributed by atoms with van der Waals surface area (Å²) in [6.07, 6.45) is -1.13. The van der Waals surface area contributed by atoms with Crippen molar-refractivity contribution in [2.45, 2.75) is 32.0 Å². The van der Waals surface area contributed by atoms with E-state index in [1.165, 1.54) is 0 Å². The summed E-state index contributed by atoms with van der Waals surface area (Å²) in [6.45, 7) is 3.45. The van der Waals surface area contributed by atoms with Gasteiger partial charge in [-0.3, -0.25) is 0 Å². The molecule has 1 rings (SSSR count). The Morgan fingerprint density at radius 3 is 2.50 bits per heavy atom. The molecular formula is C12H17NO3. The molecule has 88 valence electrons. The van der Waals surface area contributed by atoms with Crippen molar-refractivity contribution in [1.82, 2.24) is 0 Å². The lowest BCUT2D eigenvalue weighted by atomic mass is 9.86. The molecule has 0 heterocycles. The summed E-state index contributed by atoms with van der Waals surface area (Å²) in [6, 6.07) is 9.10. The number of primary amides is 1. The quantitative estimate of drug-likeness (QED) is 0.817. The van der Waals surface area contributed by atoms with Crippen molar-refractivity contribution in [3.63, 3.8) is 0 Å². The van der Waals surface area contributed by atoms with Crippen molar-refractivity contribution in [3.05, 3.63) is 35.9 Å². The van der Waals surface area contributed by atoms with Crippen molar-refractivity contribution < 1.29 is 14.6 Å². The molecule has 2 atom stereocenters. The molecule has 0 saturated carbocycles. The summed E-state index contributed by atoms with van der Waals surface area (Å²) in [5.74, 6) is 0. The SMILES string of the molecule is CCC(O)(c1ccccc1)C(C)OC(N)=O. The highest BCUT2D eigenvalue weighted by Crippen LogP contribution is 2.30. The van der Waals surface area contributed by atoms with Gasteiger partial charge in [0.25, 0.3) is 0 Å². The van der Waals surface area contributed by atoms with E-state index in [2.05, 4.69) is 0 Å². The Balaban J connectivity index is 2.97. The van der Waals surface area contributed by atoms with Gasteiger partial charge < -0.3 is 15.6 Å². The summed E-state index contributed by atoms with van der Waals surface area (Å²) in [4.78, 5) is 10.7. The van der Waals surface area contributed by atoms with Crippen LogP contribution in [0.5, 0.6) is 0 Å². The Bertz CT molecular complexity index is 353. The molecule has 0 saturated heterocycles. The molecule has 4 heteroatoms. The van der Waals surface area contributed by atoms with Crippen LogP contribution in [0.3, 0.4) is 0 Å². The smallest absolute Gasteiger partial charge is 0.404 e. The molecule has 0 radical (unpaired) electrons. The van der Waals surface area contributed by atoms with Gasteiger partial charge in [0.15, 0.2) is 0 Å². The molecule has 0 aliphatic heterocycles. The predicted molar refractivity (Wildman–Crippen MR) is 60.8 cm³/mol. The standard InChI is InChI=1S/C12H17NO3/c1-3-12(15,9(2)16-11(13)14)10-7-5-4-6-8-10/h4-9,15H,3H2,1-2H3,(H2,13,14). The zero-order valence-electron chi connectivity index (χ0n) is 9.51. The normalized spacial score (nSPS) is 16.2. The second-order valence-corrected chi connectivity index (χ2v) is 3.72. The Hall–Kier alpha value is -1.55. The van der Waals surface area contributed by atoms with E-state index in [4.69, 9.17) is 10.5 Å². The molecule has 1 aromatic carbocycles. The number of hydrogen-bond donors (Lipinski definition) is 2. The fourth-order valence-corrected chi connectivity index (χ4v) is 1.72. The van der Waals surface area contributed by atoms with E-state index < -0.39 is 17.8 Å². The molecule has 0 bridgehead atoms. The average Bonchev–Trinajstić information content (AvgIpc) is 2.28. The molecule has 0 aliphatic carbocycles. The van der Waals surface area contributed by atoms with Crippen molar-refractivity contribution in [1.29, 1.82) is 0 Å². The summed E-state index contributed by atoms with van der Waals surface area (Å²) < 4.78 is 4.85. The Morgan fingerprint density at radius 2 is 2.06 bits per heavy atom. The average molecular weight is 223 g/mol. The molecule has 2 unspecified atom stereocenters. The van der Waals surface area contributed by atoms with Crippen molar-refractivity contribution in [2.75, 3.05) is 0 Å². The van der Waals surface area contributed by atoms with Crippen LogP contribution in [-0.4, -0.2) is 17.3 Å². The fourth-order valence-electron chi connectivity index (χ4n) is 1.72. The Labute approximate surface area is 95.0 Å². The van der Waals surface area contributed by atoms with Crippen LogP contribution in [0.25, 0.3) is 0 Å². The zero-order valence-corrected chi connectivity index (χ0v) is 9.51. The number of carbonyl (C=O) groups is 1. The van der Waals surface area contributed by atoms with Crippen LogP contribution in [-0.2, 0) is 10.3 Å². The lowest BCUT2D eigenvalue weighted by molar-refractivity contribution is -0.0773. The summed E-state index contributed by atoms with van der Waals surface area (Å²) in [7, 11) is 0. The highest BCUT2D eigenvalue weighted by atomic mass is 16.6. The molecular weight excluding hydrogens is 206 g/mol. The number of carbonyl (C=O) groups excluding carboxylic acids is 1. The van der Waals surface area contributed by atoms with E-state index in [0.717, 1.165) is 0 Å². The van der Waals surface area contributed by atoms with Crippen molar-refractivity contribution >= 4 is 6.09 Å².